The summed E-state index contributed by atoms with van der Waals surface area (Å²) in [6.45, 7) is 0. The Morgan fingerprint density at radius 2 is 2.06 bits per heavy atom. The Bertz CT molecular complexity index is 730. The van der Waals surface area contributed by atoms with Crippen molar-refractivity contribution in [1.29, 1.82) is 0 Å². The fourth-order valence-corrected chi connectivity index (χ4v) is 2.26. The first-order valence-corrected chi connectivity index (χ1v) is 5.55. The van der Waals surface area contributed by atoms with Crippen molar-refractivity contribution in [3.8, 4) is 0 Å². The molecule has 0 aliphatic heterocycles. The Balaban J connectivity index is 2.33. The van der Waals surface area contributed by atoms with Crippen LogP contribution in [0.4, 0.5) is 0 Å². The van der Waals surface area contributed by atoms with Gasteiger partial charge in [-0.2, -0.15) is 9.61 Å². The fraction of sp³-hybridized carbons (Fsp3) is 0. The Kier molecular flexibility index (Phi) is 2.04. The van der Waals surface area contributed by atoms with Crippen molar-refractivity contribution >= 4 is 22.4 Å². The number of rotatable bonds is 1. The van der Waals surface area contributed by atoms with Crippen LogP contribution in [0.15, 0.2) is 41.5 Å². The molecule has 0 aliphatic rings. The van der Waals surface area contributed by atoms with Crippen molar-refractivity contribution in [3.05, 3.63) is 57.1 Å². The molecule has 0 unspecified atom stereocenters. The average molecular weight is 229 g/mol. The second kappa shape index (κ2) is 3.53. The van der Waals surface area contributed by atoms with Crippen molar-refractivity contribution < 1.29 is 0 Å². The summed E-state index contributed by atoms with van der Waals surface area (Å²) >= 11 is 1.11. The highest BCUT2D eigenvalue weighted by Crippen LogP contribution is 2.00. The quantitative estimate of drug-likeness (QED) is 0.617. The molecule has 0 spiro atoms. The van der Waals surface area contributed by atoms with Crippen LogP contribution in [0.3, 0.4) is 0 Å². The van der Waals surface area contributed by atoms with Crippen LogP contribution in [-0.2, 0) is 0 Å². The van der Waals surface area contributed by atoms with Crippen LogP contribution < -0.4 is 10.1 Å². The third-order valence-corrected chi connectivity index (χ3v) is 3.10. The first-order chi connectivity index (χ1) is 7.84. The van der Waals surface area contributed by atoms with Crippen molar-refractivity contribution in [1.82, 2.24) is 14.6 Å². The molecule has 1 aromatic carbocycles. The van der Waals surface area contributed by atoms with Crippen LogP contribution in [0.25, 0.3) is 11.0 Å². The monoisotopic (exact) mass is 229 g/mol. The van der Waals surface area contributed by atoms with Gasteiger partial charge in [0.2, 0.25) is 4.96 Å². The molecule has 0 saturated heterocycles. The van der Waals surface area contributed by atoms with E-state index in [-0.39, 0.29) is 4.74 Å². The lowest BCUT2D eigenvalue weighted by atomic mass is 10.2. The van der Waals surface area contributed by atoms with E-state index >= 15 is 0 Å². The SMILES string of the molecule is O=c1sc2ncnn2c1=Cc1ccccc1. The zero-order valence-electron chi connectivity index (χ0n) is 8.20. The fourth-order valence-electron chi connectivity index (χ4n) is 1.51. The zero-order valence-corrected chi connectivity index (χ0v) is 9.02. The number of aromatic nitrogens is 3. The number of hydrogen-bond acceptors (Lipinski definition) is 4. The van der Waals surface area contributed by atoms with Gasteiger partial charge in [-0.3, -0.25) is 4.79 Å². The maximum absolute atomic E-state index is 11.7. The van der Waals surface area contributed by atoms with E-state index < -0.39 is 0 Å². The molecule has 0 N–H and O–H groups in total. The van der Waals surface area contributed by atoms with Crippen molar-refractivity contribution in [2.24, 2.45) is 0 Å². The maximum atomic E-state index is 11.7. The normalized spacial score (nSPS) is 12.4. The highest BCUT2D eigenvalue weighted by molar-refractivity contribution is 7.14. The van der Waals surface area contributed by atoms with E-state index in [9.17, 15) is 4.79 Å². The van der Waals surface area contributed by atoms with Crippen LogP contribution in [0, 0.1) is 0 Å². The number of hydrogen-bond donors (Lipinski definition) is 0. The van der Waals surface area contributed by atoms with Crippen LogP contribution in [0.5, 0.6) is 0 Å². The molecule has 5 heteroatoms. The van der Waals surface area contributed by atoms with Gasteiger partial charge >= 0.3 is 0 Å². The van der Waals surface area contributed by atoms with Crippen LogP contribution in [0.2, 0.25) is 0 Å². The number of fused-ring (bicyclic) bond motifs is 1. The van der Waals surface area contributed by atoms with Gasteiger partial charge in [0.25, 0.3) is 4.74 Å². The molecule has 2 heterocycles. The third kappa shape index (κ3) is 1.42. The summed E-state index contributed by atoms with van der Waals surface area (Å²) in [7, 11) is 0. The van der Waals surface area contributed by atoms with E-state index in [1.54, 1.807) is 4.52 Å². The molecule has 0 radical (unpaired) electrons. The predicted molar refractivity (Wildman–Crippen MR) is 62.4 cm³/mol. The van der Waals surface area contributed by atoms with Gasteiger partial charge in [0.1, 0.15) is 11.7 Å². The number of benzene rings is 1. The van der Waals surface area contributed by atoms with E-state index in [2.05, 4.69) is 10.1 Å². The van der Waals surface area contributed by atoms with Gasteiger partial charge in [-0.1, -0.05) is 41.7 Å². The lowest BCUT2D eigenvalue weighted by molar-refractivity contribution is 0.937. The van der Waals surface area contributed by atoms with E-state index in [1.165, 1.54) is 6.33 Å². The highest BCUT2D eigenvalue weighted by atomic mass is 32.1. The van der Waals surface area contributed by atoms with Crippen LogP contribution >= 0.6 is 11.3 Å². The van der Waals surface area contributed by atoms with Crippen molar-refractivity contribution in [3.63, 3.8) is 0 Å². The van der Waals surface area contributed by atoms with Gasteiger partial charge in [-0.25, -0.2) is 4.98 Å². The van der Waals surface area contributed by atoms with Crippen molar-refractivity contribution in [2.75, 3.05) is 0 Å². The second-order valence-corrected chi connectivity index (χ2v) is 4.22. The summed E-state index contributed by atoms with van der Waals surface area (Å²) < 4.78 is 1.56. The zero-order chi connectivity index (χ0) is 11.0. The Morgan fingerprint density at radius 3 is 2.88 bits per heavy atom. The van der Waals surface area contributed by atoms with Crippen molar-refractivity contribution in [2.45, 2.75) is 0 Å². The molecular weight excluding hydrogens is 222 g/mol. The first kappa shape index (κ1) is 9.23. The minimum Gasteiger partial charge on any atom is -0.275 e. The average Bonchev–Trinajstić information content (AvgIpc) is 2.84. The molecule has 0 saturated carbocycles. The van der Waals surface area contributed by atoms with Gasteiger partial charge in [0.05, 0.1) is 0 Å². The largest absolute Gasteiger partial charge is 0.275 e. The standard InChI is InChI=1S/C11H7N3OS/c15-10-9(6-8-4-2-1-3-5-8)14-11(16-10)12-7-13-14/h1-7H. The van der Waals surface area contributed by atoms with Gasteiger partial charge in [0.15, 0.2) is 0 Å². The lowest BCUT2D eigenvalue weighted by Crippen LogP contribution is -2.24. The number of thiazole rings is 1. The molecule has 3 rings (SSSR count). The molecule has 0 bridgehead atoms. The minimum atomic E-state index is -0.0144. The Morgan fingerprint density at radius 1 is 1.25 bits per heavy atom. The van der Waals surface area contributed by atoms with E-state index in [1.807, 2.05) is 36.4 Å². The topological polar surface area (TPSA) is 47.3 Å². The summed E-state index contributed by atoms with van der Waals surface area (Å²) in [6, 6.07) is 9.69. The first-order valence-electron chi connectivity index (χ1n) is 4.74. The smallest absolute Gasteiger partial charge is 0.261 e. The lowest BCUT2D eigenvalue weighted by Gasteiger charge is -1.88. The molecule has 2 aromatic heterocycles. The summed E-state index contributed by atoms with van der Waals surface area (Å²) in [6.07, 6.45) is 3.27. The molecule has 0 aliphatic carbocycles. The third-order valence-electron chi connectivity index (χ3n) is 2.24. The van der Waals surface area contributed by atoms with E-state index in [0.29, 0.717) is 10.3 Å². The van der Waals surface area contributed by atoms with Gasteiger partial charge < -0.3 is 0 Å². The Hall–Kier alpha value is -2.01. The van der Waals surface area contributed by atoms with Gasteiger partial charge in [0, 0.05) is 0 Å². The molecule has 0 fully saturated rings. The minimum absolute atomic E-state index is 0.0144. The molecule has 0 amide bonds. The molecule has 78 valence electrons. The summed E-state index contributed by atoms with van der Waals surface area (Å²) in [5.41, 5.74) is 0.981. The summed E-state index contributed by atoms with van der Waals surface area (Å²) in [5, 5.41) is 4.58. The summed E-state index contributed by atoms with van der Waals surface area (Å²) in [4.78, 5) is 16.3. The summed E-state index contributed by atoms with van der Waals surface area (Å²) in [5.74, 6) is 0. The molecule has 4 nitrogen and oxygen atoms in total. The van der Waals surface area contributed by atoms with E-state index in [4.69, 9.17) is 0 Å². The number of nitrogens with zero attached hydrogens (tertiary/aromatic N) is 3. The van der Waals surface area contributed by atoms with Gasteiger partial charge in [-0.15, -0.1) is 0 Å². The van der Waals surface area contributed by atoms with Gasteiger partial charge in [-0.05, 0) is 11.6 Å². The predicted octanol–water partition coefficient (Wildman–Crippen LogP) is 0.699. The molecule has 3 aromatic rings. The van der Waals surface area contributed by atoms with Crippen LogP contribution in [0.1, 0.15) is 5.56 Å². The van der Waals surface area contributed by atoms with Crippen LogP contribution in [-0.4, -0.2) is 14.6 Å². The van der Waals surface area contributed by atoms with E-state index in [0.717, 1.165) is 16.9 Å². The second-order valence-electron chi connectivity index (χ2n) is 3.28. The highest BCUT2D eigenvalue weighted by Gasteiger charge is 2.04. The Labute approximate surface area is 94.5 Å². The maximum Gasteiger partial charge on any atom is 0.261 e. The molecule has 16 heavy (non-hydrogen) atoms. The molecular formula is C11H7N3OS. The molecule has 0 atom stereocenters.